The fourth-order valence-corrected chi connectivity index (χ4v) is 3.49. The Morgan fingerprint density at radius 3 is 2.58 bits per heavy atom. The van der Waals surface area contributed by atoms with Crippen molar-refractivity contribution in [2.24, 2.45) is 11.8 Å². The lowest BCUT2D eigenvalue weighted by atomic mass is 9.78. The number of hydrogen-bond acceptors (Lipinski definition) is 1. The van der Waals surface area contributed by atoms with Crippen LogP contribution in [0.25, 0.3) is 0 Å². The van der Waals surface area contributed by atoms with Gasteiger partial charge in [0.15, 0.2) is 0 Å². The lowest BCUT2D eigenvalue weighted by Crippen LogP contribution is -2.36. The minimum absolute atomic E-state index is 0.702. The minimum atomic E-state index is 0.702. The van der Waals surface area contributed by atoms with Crippen LogP contribution in [0.2, 0.25) is 0 Å². The van der Waals surface area contributed by atoms with Crippen LogP contribution in [0.3, 0.4) is 0 Å². The summed E-state index contributed by atoms with van der Waals surface area (Å²) >= 11 is 0. The van der Waals surface area contributed by atoms with Crippen molar-refractivity contribution in [3.63, 3.8) is 0 Å². The number of nitrogens with one attached hydrogen (secondary N) is 1. The highest BCUT2D eigenvalue weighted by atomic mass is 14.9. The van der Waals surface area contributed by atoms with Gasteiger partial charge < -0.3 is 5.32 Å². The third-order valence-electron chi connectivity index (χ3n) is 4.83. The van der Waals surface area contributed by atoms with E-state index >= 15 is 0 Å². The molecule has 1 heteroatoms. The van der Waals surface area contributed by atoms with E-state index in [1.165, 1.54) is 49.7 Å². The van der Waals surface area contributed by atoms with Crippen LogP contribution in [0.15, 0.2) is 24.3 Å². The number of benzene rings is 1. The second-order valence-corrected chi connectivity index (χ2v) is 6.44. The van der Waals surface area contributed by atoms with Crippen LogP contribution in [0.4, 0.5) is 0 Å². The lowest BCUT2D eigenvalue weighted by Gasteiger charge is -2.32. The van der Waals surface area contributed by atoms with Gasteiger partial charge in [0.25, 0.3) is 0 Å². The van der Waals surface area contributed by atoms with Gasteiger partial charge in [-0.25, -0.2) is 0 Å². The van der Waals surface area contributed by atoms with E-state index in [-0.39, 0.29) is 0 Å². The Labute approximate surface area is 118 Å². The standard InChI is InChI=1S/C18H29N/c1-14-7-10-17(11-8-14)18(19-3)12-9-16-6-4-5-15(2)13-16/h4-6,13-14,17-19H,7-12H2,1-3H3. The quantitative estimate of drug-likeness (QED) is 0.829. The van der Waals surface area contributed by atoms with Crippen molar-refractivity contribution in [1.29, 1.82) is 0 Å². The molecule has 0 heterocycles. The largest absolute Gasteiger partial charge is 0.317 e. The van der Waals surface area contributed by atoms with Gasteiger partial charge in [-0.05, 0) is 57.1 Å². The third kappa shape index (κ3) is 4.35. The summed E-state index contributed by atoms with van der Waals surface area (Å²) in [5.74, 6) is 1.84. The molecule has 1 N–H and O–H groups in total. The van der Waals surface area contributed by atoms with E-state index in [9.17, 15) is 0 Å². The first-order valence-electron chi connectivity index (χ1n) is 7.92. The molecular formula is C18H29N. The molecule has 1 saturated carbocycles. The van der Waals surface area contributed by atoms with Gasteiger partial charge in [0.1, 0.15) is 0 Å². The van der Waals surface area contributed by atoms with Crippen molar-refractivity contribution in [3.05, 3.63) is 35.4 Å². The molecule has 0 spiro atoms. The Kier molecular flexibility index (Phi) is 5.45. The van der Waals surface area contributed by atoms with E-state index in [0.717, 1.165) is 11.8 Å². The minimum Gasteiger partial charge on any atom is -0.317 e. The molecule has 1 aliphatic rings. The van der Waals surface area contributed by atoms with Crippen LogP contribution in [0.5, 0.6) is 0 Å². The summed E-state index contributed by atoms with van der Waals surface area (Å²) in [5.41, 5.74) is 2.87. The van der Waals surface area contributed by atoms with Crippen molar-refractivity contribution in [1.82, 2.24) is 5.32 Å². The van der Waals surface area contributed by atoms with Crippen molar-refractivity contribution >= 4 is 0 Å². The zero-order valence-electron chi connectivity index (χ0n) is 12.8. The molecule has 19 heavy (non-hydrogen) atoms. The van der Waals surface area contributed by atoms with E-state index in [4.69, 9.17) is 0 Å². The molecule has 1 aliphatic carbocycles. The van der Waals surface area contributed by atoms with E-state index in [1.54, 1.807) is 0 Å². The van der Waals surface area contributed by atoms with Crippen LogP contribution in [0, 0.1) is 18.8 Å². The topological polar surface area (TPSA) is 12.0 Å². The molecule has 0 bridgehead atoms. The zero-order chi connectivity index (χ0) is 13.7. The molecule has 1 aromatic rings. The number of rotatable bonds is 5. The molecule has 0 radical (unpaired) electrons. The lowest BCUT2D eigenvalue weighted by molar-refractivity contribution is 0.229. The van der Waals surface area contributed by atoms with E-state index in [1.807, 2.05) is 0 Å². The van der Waals surface area contributed by atoms with E-state index in [2.05, 4.69) is 50.5 Å². The first kappa shape index (κ1) is 14.6. The molecule has 0 saturated heterocycles. The molecule has 0 aliphatic heterocycles. The van der Waals surface area contributed by atoms with Crippen molar-refractivity contribution < 1.29 is 0 Å². The van der Waals surface area contributed by atoms with Gasteiger partial charge >= 0.3 is 0 Å². The average molecular weight is 259 g/mol. The van der Waals surface area contributed by atoms with Crippen molar-refractivity contribution in [3.8, 4) is 0 Å². The Morgan fingerprint density at radius 2 is 1.95 bits per heavy atom. The molecule has 2 rings (SSSR count). The maximum Gasteiger partial charge on any atom is 0.00954 e. The second kappa shape index (κ2) is 7.09. The normalized spacial score (nSPS) is 25.2. The van der Waals surface area contributed by atoms with Gasteiger partial charge in [-0.1, -0.05) is 49.6 Å². The molecule has 0 amide bonds. The summed E-state index contributed by atoms with van der Waals surface area (Å²) < 4.78 is 0. The fourth-order valence-electron chi connectivity index (χ4n) is 3.49. The molecule has 1 aromatic carbocycles. The highest BCUT2D eigenvalue weighted by Crippen LogP contribution is 2.31. The smallest absolute Gasteiger partial charge is 0.00954 e. The molecule has 1 atom stereocenters. The summed E-state index contributed by atoms with van der Waals surface area (Å²) in [6.07, 6.45) is 8.17. The maximum absolute atomic E-state index is 3.57. The molecule has 1 unspecified atom stereocenters. The van der Waals surface area contributed by atoms with Gasteiger partial charge in [-0.15, -0.1) is 0 Å². The van der Waals surface area contributed by atoms with Crippen molar-refractivity contribution in [2.75, 3.05) is 7.05 Å². The second-order valence-electron chi connectivity index (χ2n) is 6.44. The van der Waals surface area contributed by atoms with E-state index in [0.29, 0.717) is 6.04 Å². The number of aryl methyl sites for hydroxylation is 2. The first-order valence-corrected chi connectivity index (χ1v) is 7.92. The Hall–Kier alpha value is -0.820. The first-order chi connectivity index (χ1) is 9.19. The predicted molar refractivity (Wildman–Crippen MR) is 83.5 cm³/mol. The van der Waals surface area contributed by atoms with Crippen LogP contribution < -0.4 is 5.32 Å². The fraction of sp³-hybridized carbons (Fsp3) is 0.667. The Morgan fingerprint density at radius 1 is 1.21 bits per heavy atom. The summed E-state index contributed by atoms with van der Waals surface area (Å²) in [6, 6.07) is 9.66. The van der Waals surface area contributed by atoms with Gasteiger partial charge in [0.2, 0.25) is 0 Å². The van der Waals surface area contributed by atoms with Gasteiger partial charge in [0, 0.05) is 6.04 Å². The van der Waals surface area contributed by atoms with Gasteiger partial charge in [0.05, 0.1) is 0 Å². The summed E-state index contributed by atoms with van der Waals surface area (Å²) in [7, 11) is 2.14. The predicted octanol–water partition coefficient (Wildman–Crippen LogP) is 4.34. The highest BCUT2D eigenvalue weighted by molar-refractivity contribution is 5.22. The van der Waals surface area contributed by atoms with Crippen molar-refractivity contribution in [2.45, 2.75) is 58.4 Å². The average Bonchev–Trinajstić information content (AvgIpc) is 2.41. The van der Waals surface area contributed by atoms with E-state index < -0.39 is 0 Å². The maximum atomic E-state index is 3.57. The molecular weight excluding hydrogens is 230 g/mol. The highest BCUT2D eigenvalue weighted by Gasteiger charge is 2.24. The summed E-state index contributed by atoms with van der Waals surface area (Å²) in [6.45, 7) is 4.58. The third-order valence-corrected chi connectivity index (χ3v) is 4.83. The molecule has 106 valence electrons. The Balaban J connectivity index is 1.85. The monoisotopic (exact) mass is 259 g/mol. The van der Waals surface area contributed by atoms with Gasteiger partial charge in [-0.2, -0.15) is 0 Å². The zero-order valence-corrected chi connectivity index (χ0v) is 12.8. The van der Waals surface area contributed by atoms with Crippen LogP contribution >= 0.6 is 0 Å². The van der Waals surface area contributed by atoms with Gasteiger partial charge in [-0.3, -0.25) is 0 Å². The number of hydrogen-bond donors (Lipinski definition) is 1. The molecule has 1 fully saturated rings. The molecule has 0 aromatic heterocycles. The van der Waals surface area contributed by atoms with Crippen LogP contribution in [0.1, 0.15) is 50.2 Å². The van der Waals surface area contributed by atoms with Crippen LogP contribution in [-0.2, 0) is 6.42 Å². The summed E-state index contributed by atoms with van der Waals surface area (Å²) in [5, 5.41) is 3.57. The summed E-state index contributed by atoms with van der Waals surface area (Å²) in [4.78, 5) is 0. The van der Waals surface area contributed by atoms with Crippen LogP contribution in [-0.4, -0.2) is 13.1 Å². The molecule has 1 nitrogen and oxygen atoms in total. The SMILES string of the molecule is CNC(CCc1cccc(C)c1)C1CCC(C)CC1. The Bertz CT molecular complexity index is 377.